The van der Waals surface area contributed by atoms with Crippen LogP contribution in [-0.4, -0.2) is 27.3 Å². The molecule has 1 N–H and O–H groups in total. The molecule has 2 heterocycles. The number of rotatable bonds is 3. The number of aromatic nitrogens is 2. The lowest BCUT2D eigenvalue weighted by Gasteiger charge is -2.29. The maximum Gasteiger partial charge on any atom is 0.256 e. The van der Waals surface area contributed by atoms with Crippen LogP contribution in [0.1, 0.15) is 36.5 Å². The molecule has 0 saturated heterocycles. The van der Waals surface area contributed by atoms with E-state index in [9.17, 15) is 9.59 Å². The van der Waals surface area contributed by atoms with Gasteiger partial charge in [0.1, 0.15) is 5.82 Å². The first kappa shape index (κ1) is 15.5. The van der Waals surface area contributed by atoms with Gasteiger partial charge in [0.05, 0.1) is 17.8 Å². The summed E-state index contributed by atoms with van der Waals surface area (Å²) in [6, 6.07) is 9.94. The molecular formula is C18H21N3O2. The van der Waals surface area contributed by atoms with E-state index in [1.165, 1.54) is 0 Å². The Bertz CT molecular complexity index is 766. The van der Waals surface area contributed by atoms with E-state index in [0.717, 1.165) is 11.3 Å². The molecule has 1 aromatic heterocycles. The summed E-state index contributed by atoms with van der Waals surface area (Å²) in [6.45, 7) is 4.75. The molecule has 0 saturated carbocycles. The van der Waals surface area contributed by atoms with E-state index in [0.29, 0.717) is 37.3 Å². The zero-order valence-electron chi connectivity index (χ0n) is 13.5. The molecule has 0 radical (unpaired) electrons. The molecule has 1 aliphatic rings. The van der Waals surface area contributed by atoms with Gasteiger partial charge in [0.15, 0.2) is 0 Å². The van der Waals surface area contributed by atoms with Crippen LogP contribution in [0.25, 0.3) is 0 Å². The number of nitrogens with one attached hydrogen (secondary N) is 1. The first-order chi connectivity index (χ1) is 11.0. The van der Waals surface area contributed by atoms with Gasteiger partial charge in [-0.1, -0.05) is 44.2 Å². The van der Waals surface area contributed by atoms with Crippen molar-refractivity contribution in [2.24, 2.45) is 5.92 Å². The van der Waals surface area contributed by atoms with Gasteiger partial charge in [-0.15, -0.1) is 0 Å². The third-order valence-corrected chi connectivity index (χ3v) is 4.14. The van der Waals surface area contributed by atoms with E-state index < -0.39 is 0 Å². The maximum absolute atomic E-state index is 12.4. The highest BCUT2D eigenvalue weighted by molar-refractivity contribution is 5.78. The second-order valence-corrected chi connectivity index (χ2v) is 6.26. The van der Waals surface area contributed by atoms with Crippen LogP contribution >= 0.6 is 0 Å². The highest BCUT2D eigenvalue weighted by Gasteiger charge is 2.25. The summed E-state index contributed by atoms with van der Waals surface area (Å²) in [5.41, 5.74) is 2.44. The number of nitrogens with zero attached hydrogens (tertiary/aromatic N) is 2. The predicted octanol–water partition coefficient (Wildman–Crippen LogP) is 1.90. The van der Waals surface area contributed by atoms with Crippen molar-refractivity contribution >= 4 is 5.91 Å². The zero-order chi connectivity index (χ0) is 16.4. The molecule has 0 fully saturated rings. The molecule has 0 aliphatic carbocycles. The van der Waals surface area contributed by atoms with Crippen molar-refractivity contribution in [1.29, 1.82) is 0 Å². The molecule has 1 amide bonds. The predicted molar refractivity (Wildman–Crippen MR) is 88.1 cm³/mol. The zero-order valence-corrected chi connectivity index (χ0v) is 13.5. The minimum Gasteiger partial charge on any atom is -0.337 e. The molecule has 2 aromatic rings. The summed E-state index contributed by atoms with van der Waals surface area (Å²) in [5, 5.41) is 0. The normalized spacial score (nSPS) is 14.0. The molecule has 1 aliphatic heterocycles. The molecule has 1 aromatic carbocycles. The molecule has 0 spiro atoms. The smallest absolute Gasteiger partial charge is 0.256 e. The Morgan fingerprint density at radius 1 is 1.30 bits per heavy atom. The first-order valence-electron chi connectivity index (χ1n) is 7.98. The Hall–Kier alpha value is -2.43. The van der Waals surface area contributed by atoms with E-state index in [4.69, 9.17) is 0 Å². The molecule has 3 rings (SSSR count). The molecule has 120 valence electrons. The number of benzene rings is 1. The van der Waals surface area contributed by atoms with Gasteiger partial charge >= 0.3 is 0 Å². The summed E-state index contributed by atoms with van der Waals surface area (Å²) in [4.78, 5) is 33.7. The van der Waals surface area contributed by atoms with Crippen LogP contribution < -0.4 is 5.56 Å². The van der Waals surface area contributed by atoms with Crippen molar-refractivity contribution in [1.82, 2.24) is 14.9 Å². The van der Waals surface area contributed by atoms with Gasteiger partial charge in [0.2, 0.25) is 5.91 Å². The van der Waals surface area contributed by atoms with Crippen molar-refractivity contribution in [2.75, 3.05) is 6.54 Å². The fourth-order valence-corrected chi connectivity index (χ4v) is 2.90. The first-order valence-corrected chi connectivity index (χ1v) is 7.98. The van der Waals surface area contributed by atoms with Crippen LogP contribution in [0.4, 0.5) is 0 Å². The Balaban J connectivity index is 1.84. The largest absolute Gasteiger partial charge is 0.337 e. The van der Waals surface area contributed by atoms with Gasteiger partial charge in [-0.25, -0.2) is 4.98 Å². The van der Waals surface area contributed by atoms with E-state index in [1.807, 2.05) is 44.2 Å². The Kier molecular flexibility index (Phi) is 4.28. The number of carbonyl (C=O) groups is 1. The number of amides is 1. The molecule has 23 heavy (non-hydrogen) atoms. The summed E-state index contributed by atoms with van der Waals surface area (Å²) >= 11 is 0. The van der Waals surface area contributed by atoms with Crippen LogP contribution in [0.3, 0.4) is 0 Å². The van der Waals surface area contributed by atoms with Gasteiger partial charge in [0, 0.05) is 25.3 Å². The Morgan fingerprint density at radius 2 is 2.04 bits per heavy atom. The van der Waals surface area contributed by atoms with Crippen molar-refractivity contribution in [3.05, 3.63) is 63.3 Å². The molecule has 0 unspecified atom stereocenters. The van der Waals surface area contributed by atoms with Gasteiger partial charge in [0.25, 0.3) is 5.56 Å². The Labute approximate surface area is 135 Å². The summed E-state index contributed by atoms with van der Waals surface area (Å²) in [7, 11) is 0. The number of H-pyrrole nitrogens is 1. The fourth-order valence-electron chi connectivity index (χ4n) is 2.90. The summed E-state index contributed by atoms with van der Waals surface area (Å²) < 4.78 is 0. The number of hydrogen-bond donors (Lipinski definition) is 1. The third-order valence-electron chi connectivity index (χ3n) is 4.14. The lowest BCUT2D eigenvalue weighted by Crippen LogP contribution is -2.41. The quantitative estimate of drug-likeness (QED) is 0.941. The van der Waals surface area contributed by atoms with Gasteiger partial charge in [-0.2, -0.15) is 0 Å². The highest BCUT2D eigenvalue weighted by atomic mass is 16.2. The van der Waals surface area contributed by atoms with Crippen LogP contribution in [0, 0.1) is 5.92 Å². The van der Waals surface area contributed by atoms with E-state index in [2.05, 4.69) is 9.97 Å². The molecule has 5 nitrogen and oxygen atoms in total. The lowest BCUT2D eigenvalue weighted by atomic mass is 10.0. The van der Waals surface area contributed by atoms with Crippen molar-refractivity contribution in [2.45, 2.75) is 33.2 Å². The van der Waals surface area contributed by atoms with Crippen LogP contribution in [0.15, 0.2) is 35.1 Å². The van der Waals surface area contributed by atoms with Crippen LogP contribution in [0.5, 0.6) is 0 Å². The minimum atomic E-state index is -0.123. The second-order valence-electron chi connectivity index (χ2n) is 6.26. The van der Waals surface area contributed by atoms with Crippen molar-refractivity contribution in [3.63, 3.8) is 0 Å². The van der Waals surface area contributed by atoms with E-state index in [-0.39, 0.29) is 17.4 Å². The fraction of sp³-hybridized carbons (Fsp3) is 0.389. The standard InChI is InChI=1S/C18H21N3O2/c1-12(2)18(23)21-9-8-15-14(11-21)17(22)20-16(19-15)10-13-6-4-3-5-7-13/h3-7,12H,8-11H2,1-2H3,(H,19,20,22). The van der Waals surface area contributed by atoms with Gasteiger partial charge in [-0.3, -0.25) is 9.59 Å². The minimum absolute atomic E-state index is 0.0547. The average molecular weight is 311 g/mol. The highest BCUT2D eigenvalue weighted by Crippen LogP contribution is 2.16. The molecular weight excluding hydrogens is 290 g/mol. The number of hydrogen-bond acceptors (Lipinski definition) is 3. The summed E-state index contributed by atoms with van der Waals surface area (Å²) in [6.07, 6.45) is 1.25. The van der Waals surface area contributed by atoms with Gasteiger partial charge < -0.3 is 9.88 Å². The summed E-state index contributed by atoms with van der Waals surface area (Å²) in [5.74, 6) is 0.716. The SMILES string of the molecule is CC(C)C(=O)N1CCc2nc(Cc3ccccc3)[nH]c(=O)c2C1. The number of fused-ring (bicyclic) bond motifs is 1. The second kappa shape index (κ2) is 6.36. The van der Waals surface area contributed by atoms with Crippen LogP contribution in [0.2, 0.25) is 0 Å². The third kappa shape index (κ3) is 3.33. The monoisotopic (exact) mass is 311 g/mol. The maximum atomic E-state index is 12.4. The average Bonchev–Trinajstić information content (AvgIpc) is 2.55. The van der Waals surface area contributed by atoms with E-state index >= 15 is 0 Å². The Morgan fingerprint density at radius 3 is 2.74 bits per heavy atom. The topological polar surface area (TPSA) is 66.1 Å². The van der Waals surface area contributed by atoms with E-state index in [1.54, 1.807) is 4.90 Å². The van der Waals surface area contributed by atoms with Crippen molar-refractivity contribution in [3.8, 4) is 0 Å². The van der Waals surface area contributed by atoms with Gasteiger partial charge in [-0.05, 0) is 5.56 Å². The lowest BCUT2D eigenvalue weighted by molar-refractivity contribution is -0.135. The molecule has 0 bridgehead atoms. The van der Waals surface area contributed by atoms with Crippen LogP contribution in [-0.2, 0) is 24.2 Å². The number of aromatic amines is 1. The number of carbonyl (C=O) groups excluding carboxylic acids is 1. The molecule has 0 atom stereocenters. The van der Waals surface area contributed by atoms with Crippen molar-refractivity contribution < 1.29 is 4.79 Å². The molecule has 5 heteroatoms.